The number of benzene rings is 1. The average Bonchev–Trinajstić information content (AvgIpc) is 2.21. The van der Waals surface area contributed by atoms with E-state index in [0.29, 0.717) is 17.9 Å². The molecule has 0 aromatic heterocycles. The lowest BCUT2D eigenvalue weighted by Crippen LogP contribution is -2.01. The zero-order valence-electron chi connectivity index (χ0n) is 9.36. The molecule has 15 heavy (non-hydrogen) atoms. The molecule has 1 rings (SSSR count). The van der Waals surface area contributed by atoms with Crippen molar-refractivity contribution in [2.75, 3.05) is 6.61 Å². The van der Waals surface area contributed by atoms with Gasteiger partial charge in [0, 0.05) is 5.56 Å². The predicted molar refractivity (Wildman–Crippen MR) is 61.3 cm³/mol. The second kappa shape index (κ2) is 5.36. The molecule has 1 aromatic carbocycles. The van der Waals surface area contributed by atoms with Crippen molar-refractivity contribution in [1.82, 2.24) is 0 Å². The molecule has 0 bridgehead atoms. The standard InChI is InChI=1S/C12H16ClFO/c1-4-6-9-7-10(13)11(14)8(3)12(9)15-5-2/h7H,4-6H2,1-3H3. The van der Waals surface area contributed by atoms with E-state index in [1.807, 2.05) is 6.92 Å². The van der Waals surface area contributed by atoms with Gasteiger partial charge in [-0.2, -0.15) is 0 Å². The van der Waals surface area contributed by atoms with Crippen molar-refractivity contribution in [2.24, 2.45) is 0 Å². The Labute approximate surface area is 95.2 Å². The lowest BCUT2D eigenvalue weighted by molar-refractivity contribution is 0.331. The van der Waals surface area contributed by atoms with E-state index in [1.54, 1.807) is 13.0 Å². The normalized spacial score (nSPS) is 10.5. The Morgan fingerprint density at radius 1 is 1.40 bits per heavy atom. The van der Waals surface area contributed by atoms with Crippen LogP contribution in [0.5, 0.6) is 5.75 Å². The number of hydrogen-bond acceptors (Lipinski definition) is 1. The topological polar surface area (TPSA) is 9.23 Å². The first-order valence-electron chi connectivity index (χ1n) is 5.22. The summed E-state index contributed by atoms with van der Waals surface area (Å²) in [6.45, 7) is 6.20. The van der Waals surface area contributed by atoms with E-state index < -0.39 is 0 Å². The van der Waals surface area contributed by atoms with Gasteiger partial charge in [-0.05, 0) is 31.9 Å². The highest BCUT2D eigenvalue weighted by atomic mass is 35.5. The fraction of sp³-hybridized carbons (Fsp3) is 0.500. The van der Waals surface area contributed by atoms with Crippen LogP contribution in [0.4, 0.5) is 4.39 Å². The summed E-state index contributed by atoms with van der Waals surface area (Å²) < 4.78 is 19.0. The Bertz CT molecular complexity index is 350. The lowest BCUT2D eigenvalue weighted by Gasteiger charge is -2.14. The summed E-state index contributed by atoms with van der Waals surface area (Å²) in [5, 5.41) is 0.180. The van der Waals surface area contributed by atoms with Crippen LogP contribution in [0.1, 0.15) is 31.4 Å². The molecule has 0 fully saturated rings. The van der Waals surface area contributed by atoms with Gasteiger partial charge in [0.05, 0.1) is 11.6 Å². The molecule has 0 spiro atoms. The van der Waals surface area contributed by atoms with Crippen molar-refractivity contribution in [2.45, 2.75) is 33.6 Å². The Morgan fingerprint density at radius 2 is 2.07 bits per heavy atom. The fourth-order valence-electron chi connectivity index (χ4n) is 1.60. The summed E-state index contributed by atoms with van der Waals surface area (Å²) in [6.07, 6.45) is 1.84. The van der Waals surface area contributed by atoms with E-state index in [0.717, 1.165) is 18.4 Å². The van der Waals surface area contributed by atoms with Crippen molar-refractivity contribution in [1.29, 1.82) is 0 Å². The summed E-state index contributed by atoms with van der Waals surface area (Å²) in [7, 11) is 0. The maximum Gasteiger partial charge on any atom is 0.148 e. The third-order valence-corrected chi connectivity index (χ3v) is 2.56. The fourth-order valence-corrected chi connectivity index (χ4v) is 1.88. The van der Waals surface area contributed by atoms with Gasteiger partial charge in [-0.1, -0.05) is 24.9 Å². The van der Waals surface area contributed by atoms with Crippen molar-refractivity contribution in [3.8, 4) is 5.75 Å². The molecule has 1 nitrogen and oxygen atoms in total. The summed E-state index contributed by atoms with van der Waals surface area (Å²) in [5.74, 6) is 0.279. The first-order valence-corrected chi connectivity index (χ1v) is 5.59. The van der Waals surface area contributed by atoms with Gasteiger partial charge < -0.3 is 4.74 Å². The van der Waals surface area contributed by atoms with Crippen LogP contribution in [0, 0.1) is 12.7 Å². The SMILES string of the molecule is CCCc1cc(Cl)c(F)c(C)c1OCC. The monoisotopic (exact) mass is 230 g/mol. The number of hydrogen-bond donors (Lipinski definition) is 0. The molecular formula is C12H16ClFO. The van der Waals surface area contributed by atoms with E-state index >= 15 is 0 Å². The molecule has 3 heteroatoms. The smallest absolute Gasteiger partial charge is 0.148 e. The molecule has 0 aliphatic rings. The summed E-state index contributed by atoms with van der Waals surface area (Å²) in [6, 6.07) is 1.67. The van der Waals surface area contributed by atoms with E-state index in [-0.39, 0.29) is 10.8 Å². The van der Waals surface area contributed by atoms with Gasteiger partial charge in [-0.25, -0.2) is 4.39 Å². The second-order valence-corrected chi connectivity index (χ2v) is 3.88. The Morgan fingerprint density at radius 3 is 2.60 bits per heavy atom. The van der Waals surface area contributed by atoms with Crippen LogP contribution < -0.4 is 4.74 Å². The van der Waals surface area contributed by atoms with E-state index in [9.17, 15) is 4.39 Å². The molecule has 0 N–H and O–H groups in total. The molecular weight excluding hydrogens is 215 g/mol. The minimum Gasteiger partial charge on any atom is -0.493 e. The van der Waals surface area contributed by atoms with Crippen LogP contribution in [0.2, 0.25) is 5.02 Å². The predicted octanol–water partition coefficient (Wildman–Crippen LogP) is 4.14. The van der Waals surface area contributed by atoms with Gasteiger partial charge in [0.2, 0.25) is 0 Å². The molecule has 0 unspecified atom stereocenters. The summed E-state index contributed by atoms with van der Waals surface area (Å²) in [5.41, 5.74) is 1.50. The van der Waals surface area contributed by atoms with Crippen molar-refractivity contribution in [3.05, 3.63) is 28.0 Å². The maximum atomic E-state index is 13.5. The molecule has 1 aromatic rings. The molecule has 0 radical (unpaired) electrons. The summed E-state index contributed by atoms with van der Waals surface area (Å²) >= 11 is 5.80. The molecule has 0 saturated heterocycles. The van der Waals surface area contributed by atoms with Gasteiger partial charge in [0.25, 0.3) is 0 Å². The van der Waals surface area contributed by atoms with Crippen LogP contribution in [0.3, 0.4) is 0 Å². The zero-order valence-corrected chi connectivity index (χ0v) is 10.1. The van der Waals surface area contributed by atoms with Crippen LogP contribution >= 0.6 is 11.6 Å². The lowest BCUT2D eigenvalue weighted by atomic mass is 10.0. The van der Waals surface area contributed by atoms with Crippen molar-refractivity contribution < 1.29 is 9.13 Å². The Kier molecular flexibility index (Phi) is 4.40. The maximum absolute atomic E-state index is 13.5. The molecule has 0 saturated carbocycles. The molecule has 0 atom stereocenters. The highest BCUT2D eigenvalue weighted by Crippen LogP contribution is 2.32. The molecule has 0 heterocycles. The van der Waals surface area contributed by atoms with Crippen LogP contribution in [0.25, 0.3) is 0 Å². The third kappa shape index (κ3) is 2.63. The second-order valence-electron chi connectivity index (χ2n) is 3.47. The zero-order chi connectivity index (χ0) is 11.4. The minimum absolute atomic E-state index is 0.180. The quantitative estimate of drug-likeness (QED) is 0.756. The van der Waals surface area contributed by atoms with Gasteiger partial charge in [-0.15, -0.1) is 0 Å². The Balaban J connectivity index is 3.23. The van der Waals surface area contributed by atoms with Gasteiger partial charge in [0.1, 0.15) is 11.6 Å². The van der Waals surface area contributed by atoms with Crippen LogP contribution in [-0.4, -0.2) is 6.61 Å². The first-order chi connectivity index (χ1) is 7.11. The number of aryl methyl sites for hydroxylation is 1. The minimum atomic E-state index is -0.375. The molecule has 0 amide bonds. The van der Waals surface area contributed by atoms with Crippen LogP contribution in [0.15, 0.2) is 6.07 Å². The van der Waals surface area contributed by atoms with Crippen molar-refractivity contribution in [3.63, 3.8) is 0 Å². The van der Waals surface area contributed by atoms with Crippen LogP contribution in [-0.2, 0) is 6.42 Å². The summed E-state index contributed by atoms with van der Waals surface area (Å²) in [4.78, 5) is 0. The molecule has 0 aliphatic heterocycles. The van der Waals surface area contributed by atoms with E-state index in [4.69, 9.17) is 16.3 Å². The highest BCUT2D eigenvalue weighted by Gasteiger charge is 2.14. The van der Waals surface area contributed by atoms with Crippen molar-refractivity contribution >= 4 is 11.6 Å². The van der Waals surface area contributed by atoms with Gasteiger partial charge in [0.15, 0.2) is 0 Å². The highest BCUT2D eigenvalue weighted by molar-refractivity contribution is 6.30. The first kappa shape index (κ1) is 12.3. The van der Waals surface area contributed by atoms with Gasteiger partial charge in [-0.3, -0.25) is 0 Å². The largest absolute Gasteiger partial charge is 0.493 e. The number of ether oxygens (including phenoxy) is 1. The number of rotatable bonds is 4. The Hall–Kier alpha value is -0.760. The number of halogens is 2. The van der Waals surface area contributed by atoms with E-state index in [2.05, 4.69) is 6.92 Å². The van der Waals surface area contributed by atoms with Gasteiger partial charge >= 0.3 is 0 Å². The molecule has 84 valence electrons. The van der Waals surface area contributed by atoms with E-state index in [1.165, 1.54) is 0 Å². The third-order valence-electron chi connectivity index (χ3n) is 2.28. The molecule has 0 aliphatic carbocycles. The average molecular weight is 231 g/mol.